The molecular formula is C24H22ClF2N5O3S. The fraction of sp³-hybridized carbons (Fsp3) is 0.250. The van der Waals surface area contributed by atoms with Gasteiger partial charge in [0.2, 0.25) is 0 Å². The molecule has 1 aliphatic rings. The van der Waals surface area contributed by atoms with Gasteiger partial charge in [-0.1, -0.05) is 23.7 Å². The number of H-pyrrole nitrogens is 1. The van der Waals surface area contributed by atoms with Crippen molar-refractivity contribution in [3.63, 3.8) is 0 Å². The maximum absolute atomic E-state index is 15.5. The molecule has 1 aliphatic carbocycles. The zero-order valence-corrected chi connectivity index (χ0v) is 21.1. The summed E-state index contributed by atoms with van der Waals surface area (Å²) >= 11 is 6.39. The van der Waals surface area contributed by atoms with Gasteiger partial charge in [0.15, 0.2) is 21.5 Å². The zero-order chi connectivity index (χ0) is 26.2. The number of benzene rings is 1. The highest BCUT2D eigenvalue weighted by molar-refractivity contribution is 7.90. The molecule has 2 heterocycles. The van der Waals surface area contributed by atoms with E-state index in [2.05, 4.69) is 20.4 Å². The van der Waals surface area contributed by atoms with Crippen LogP contribution in [0.3, 0.4) is 0 Å². The summed E-state index contributed by atoms with van der Waals surface area (Å²) in [4.78, 5) is 16.4. The molecule has 1 unspecified atom stereocenters. The van der Waals surface area contributed by atoms with Crippen LogP contribution < -0.4 is 5.56 Å². The first kappa shape index (κ1) is 25.6. The quantitative estimate of drug-likeness (QED) is 0.449. The first-order valence-corrected chi connectivity index (χ1v) is 13.1. The van der Waals surface area contributed by atoms with E-state index in [1.54, 1.807) is 26.1 Å². The van der Waals surface area contributed by atoms with Crippen molar-refractivity contribution in [3.8, 4) is 0 Å². The molecule has 4 rings (SSSR count). The molecule has 0 radical (unpaired) electrons. The Labute approximate surface area is 211 Å². The van der Waals surface area contributed by atoms with Crippen LogP contribution in [0.2, 0.25) is 5.02 Å². The molecule has 1 aromatic carbocycles. The van der Waals surface area contributed by atoms with Crippen LogP contribution >= 0.6 is 11.6 Å². The number of nitrogens with zero attached hydrogens (tertiary/aromatic N) is 4. The number of nitrogens with one attached hydrogen (secondary N) is 1. The molecule has 0 bridgehead atoms. The largest absolute Gasteiger partial charge is 0.284 e. The van der Waals surface area contributed by atoms with Gasteiger partial charge in [0.1, 0.15) is 15.6 Å². The summed E-state index contributed by atoms with van der Waals surface area (Å²) in [6.07, 6.45) is 6.81. The van der Waals surface area contributed by atoms with Gasteiger partial charge in [0.05, 0.1) is 18.1 Å². The van der Waals surface area contributed by atoms with Crippen LogP contribution in [0.1, 0.15) is 47.7 Å². The lowest BCUT2D eigenvalue weighted by Crippen LogP contribution is -2.21. The minimum atomic E-state index is -3.91. The number of halogens is 3. The Kier molecular flexibility index (Phi) is 7.05. The Bertz CT molecular complexity index is 1580. The van der Waals surface area contributed by atoms with E-state index in [1.165, 1.54) is 24.4 Å². The number of aliphatic imine (C=N–C) groups is 1. The highest BCUT2D eigenvalue weighted by Gasteiger charge is 2.43. The van der Waals surface area contributed by atoms with Crippen molar-refractivity contribution < 1.29 is 17.2 Å². The maximum atomic E-state index is 15.5. The van der Waals surface area contributed by atoms with E-state index in [0.29, 0.717) is 11.3 Å². The molecule has 1 saturated carbocycles. The first-order chi connectivity index (χ1) is 17.0. The van der Waals surface area contributed by atoms with Crippen molar-refractivity contribution in [2.45, 2.75) is 37.0 Å². The predicted octanol–water partition coefficient (Wildman–Crippen LogP) is 4.53. The van der Waals surface area contributed by atoms with Crippen molar-refractivity contribution in [2.24, 2.45) is 4.99 Å². The molecule has 0 saturated heterocycles. The Balaban J connectivity index is 1.77. The van der Waals surface area contributed by atoms with Gasteiger partial charge in [-0.2, -0.15) is 15.4 Å². The summed E-state index contributed by atoms with van der Waals surface area (Å²) in [6.45, 7) is 3.25. The van der Waals surface area contributed by atoms with Gasteiger partial charge < -0.3 is 0 Å². The van der Waals surface area contributed by atoms with Crippen LogP contribution in [0.4, 0.5) is 8.78 Å². The summed E-state index contributed by atoms with van der Waals surface area (Å²) in [5.41, 5.74) is 0.306. The van der Waals surface area contributed by atoms with Crippen molar-refractivity contribution in [3.05, 3.63) is 92.3 Å². The smallest absolute Gasteiger partial charge is 0.273 e. The summed E-state index contributed by atoms with van der Waals surface area (Å²) in [5.74, 6) is -2.14. The number of aromatic nitrogens is 4. The molecule has 2 atom stereocenters. The fourth-order valence-corrected chi connectivity index (χ4v) is 5.04. The van der Waals surface area contributed by atoms with Crippen LogP contribution in [0.25, 0.3) is 6.20 Å². The highest BCUT2D eigenvalue weighted by atomic mass is 35.5. The lowest BCUT2D eigenvalue weighted by Gasteiger charge is -2.12. The normalized spacial score (nSPS) is 18.7. The molecule has 8 nitrogen and oxygen atoms in total. The van der Waals surface area contributed by atoms with Crippen LogP contribution in [0, 0.1) is 12.7 Å². The molecule has 36 heavy (non-hydrogen) atoms. The van der Waals surface area contributed by atoms with Gasteiger partial charge >= 0.3 is 0 Å². The number of allylic oxidation sites excluding steroid dienone is 2. The molecule has 1 N–H and O–H groups in total. The number of aromatic amines is 1. The number of hydrogen-bond acceptors (Lipinski definition) is 6. The topological polar surface area (TPSA) is 110 Å². The van der Waals surface area contributed by atoms with Gasteiger partial charge in [-0.15, -0.1) is 0 Å². The summed E-state index contributed by atoms with van der Waals surface area (Å²) < 4.78 is 55.5. The van der Waals surface area contributed by atoms with Crippen LogP contribution in [0.5, 0.6) is 0 Å². The number of sulfone groups is 1. The molecule has 2 aromatic heterocycles. The molecule has 0 spiro atoms. The van der Waals surface area contributed by atoms with Gasteiger partial charge in [0, 0.05) is 29.6 Å². The number of aryl methyl sites for hydroxylation is 1. The Morgan fingerprint density at radius 1 is 1.33 bits per heavy atom. The average Bonchev–Trinajstić information content (AvgIpc) is 3.42. The molecular weight excluding hydrogens is 512 g/mol. The Hall–Kier alpha value is -3.44. The second kappa shape index (κ2) is 9.90. The standard InChI is InChI=1S/C24H22ClF2N5O3S/c1-4-8-28-23(14-6-5-7-20(22(14)27)36(3,34)35)18(26)12-32-13(2)9-17(21(25)24(32)33)15-10-16(15)19-11-29-31-30-19/h4-9,11-12,15-16H,10H2,1-3H3,(H,29,30,31)/b8-4+,18-12-,28-23+/t15-,16?/m1/s1. The Morgan fingerprint density at radius 2 is 2.08 bits per heavy atom. The van der Waals surface area contributed by atoms with Gasteiger partial charge in [-0.05, 0) is 49.9 Å². The van der Waals surface area contributed by atoms with E-state index in [-0.39, 0.29) is 22.4 Å². The molecule has 0 aliphatic heterocycles. The van der Waals surface area contributed by atoms with E-state index in [1.807, 2.05) is 0 Å². The highest BCUT2D eigenvalue weighted by Crippen LogP contribution is 2.55. The van der Waals surface area contributed by atoms with Gasteiger partial charge in [-0.25, -0.2) is 17.2 Å². The third kappa shape index (κ3) is 4.93. The summed E-state index contributed by atoms with van der Waals surface area (Å²) in [7, 11) is -3.91. The van der Waals surface area contributed by atoms with Gasteiger partial charge in [-0.3, -0.25) is 14.4 Å². The van der Waals surface area contributed by atoms with E-state index in [0.717, 1.165) is 35.2 Å². The predicted molar refractivity (Wildman–Crippen MR) is 133 cm³/mol. The molecule has 3 aromatic rings. The maximum Gasteiger partial charge on any atom is 0.273 e. The zero-order valence-electron chi connectivity index (χ0n) is 19.5. The van der Waals surface area contributed by atoms with Gasteiger partial charge in [0.25, 0.3) is 5.56 Å². The monoisotopic (exact) mass is 533 g/mol. The Morgan fingerprint density at radius 3 is 2.72 bits per heavy atom. The number of hydrogen-bond donors (Lipinski definition) is 1. The van der Waals surface area contributed by atoms with E-state index < -0.39 is 37.6 Å². The molecule has 12 heteroatoms. The SMILES string of the molecule is C/C=C/N=C(/C(F)=C/n1c(C)cc([C@@H]2CC2c2cn[nH]n2)c(Cl)c1=O)c1cccc(S(C)(=O)=O)c1F. The van der Waals surface area contributed by atoms with Crippen molar-refractivity contribution in [1.82, 2.24) is 20.0 Å². The fourth-order valence-electron chi connectivity index (χ4n) is 4.00. The van der Waals surface area contributed by atoms with Crippen LogP contribution in [-0.2, 0) is 9.84 Å². The molecule has 188 valence electrons. The summed E-state index contributed by atoms with van der Waals surface area (Å²) in [5, 5.41) is 10.4. The lowest BCUT2D eigenvalue weighted by atomic mass is 10.1. The van der Waals surface area contributed by atoms with Crippen molar-refractivity contribution in [1.29, 1.82) is 0 Å². The minimum absolute atomic E-state index is 0.0166. The number of pyridine rings is 1. The third-order valence-electron chi connectivity index (χ3n) is 5.85. The van der Waals surface area contributed by atoms with Crippen LogP contribution in [0.15, 0.2) is 63.2 Å². The van der Waals surface area contributed by atoms with Crippen LogP contribution in [-0.4, -0.2) is 40.4 Å². The van der Waals surface area contributed by atoms with Crippen molar-refractivity contribution in [2.75, 3.05) is 6.26 Å². The second-order valence-electron chi connectivity index (χ2n) is 8.40. The third-order valence-corrected chi connectivity index (χ3v) is 7.34. The number of rotatable bonds is 7. The average molecular weight is 534 g/mol. The second-order valence-corrected chi connectivity index (χ2v) is 10.8. The lowest BCUT2D eigenvalue weighted by molar-refractivity contribution is 0.568. The molecule has 0 amide bonds. The first-order valence-electron chi connectivity index (χ1n) is 10.9. The van der Waals surface area contributed by atoms with E-state index in [9.17, 15) is 13.2 Å². The minimum Gasteiger partial charge on any atom is -0.284 e. The van der Waals surface area contributed by atoms with E-state index in [4.69, 9.17) is 11.6 Å². The molecule has 1 fully saturated rings. The van der Waals surface area contributed by atoms with Crippen molar-refractivity contribution >= 4 is 33.3 Å². The van der Waals surface area contributed by atoms with E-state index >= 15 is 8.78 Å². The summed E-state index contributed by atoms with van der Waals surface area (Å²) in [6, 6.07) is 5.28.